The molecule has 6 heteroatoms. The van der Waals surface area contributed by atoms with Gasteiger partial charge in [-0.2, -0.15) is 0 Å². The minimum Gasteiger partial charge on any atom is -0.342 e. The Morgan fingerprint density at radius 1 is 1.19 bits per heavy atom. The van der Waals surface area contributed by atoms with Crippen molar-refractivity contribution in [2.45, 2.75) is 20.4 Å². The van der Waals surface area contributed by atoms with Crippen molar-refractivity contribution in [3.05, 3.63) is 35.4 Å². The van der Waals surface area contributed by atoms with Gasteiger partial charge >= 0.3 is 0 Å². The largest absolute Gasteiger partial charge is 0.342 e. The predicted octanol–water partition coefficient (Wildman–Crippen LogP) is 0.590. The van der Waals surface area contributed by atoms with E-state index in [2.05, 4.69) is 5.43 Å². The van der Waals surface area contributed by atoms with Crippen molar-refractivity contribution in [3.8, 4) is 0 Å². The summed E-state index contributed by atoms with van der Waals surface area (Å²) < 4.78 is 0. The molecular weight excluding hydrogens is 268 g/mol. The summed E-state index contributed by atoms with van der Waals surface area (Å²) in [4.78, 5) is 27.5. The van der Waals surface area contributed by atoms with Crippen molar-refractivity contribution in [2.24, 2.45) is 5.84 Å². The maximum absolute atomic E-state index is 12.1. The first-order chi connectivity index (χ1) is 10.0. The monoisotopic (exact) mass is 292 g/mol. The Hall–Kier alpha value is -1.92. The van der Waals surface area contributed by atoms with Crippen LogP contribution in [0.15, 0.2) is 24.3 Å². The highest BCUT2D eigenvalue weighted by Gasteiger charge is 2.15. The maximum atomic E-state index is 12.1. The van der Waals surface area contributed by atoms with E-state index in [1.165, 1.54) is 0 Å². The van der Waals surface area contributed by atoms with Gasteiger partial charge in [-0.15, -0.1) is 0 Å². The number of nitrogens with one attached hydrogen (secondary N) is 1. The van der Waals surface area contributed by atoms with Crippen molar-refractivity contribution in [1.82, 2.24) is 15.2 Å². The predicted molar refractivity (Wildman–Crippen MR) is 82.4 cm³/mol. The Labute approximate surface area is 125 Å². The number of amides is 2. The van der Waals surface area contributed by atoms with E-state index >= 15 is 0 Å². The van der Waals surface area contributed by atoms with Gasteiger partial charge in [0, 0.05) is 25.2 Å². The van der Waals surface area contributed by atoms with Crippen molar-refractivity contribution in [1.29, 1.82) is 0 Å². The third-order valence-electron chi connectivity index (χ3n) is 3.35. The maximum Gasteiger partial charge on any atom is 0.265 e. The molecule has 0 bridgehead atoms. The lowest BCUT2D eigenvalue weighted by Gasteiger charge is -2.23. The normalized spacial score (nSPS) is 10.5. The number of benzene rings is 1. The SMILES string of the molecule is CCN(CC)C(=O)CN(C)Cc1ccccc1C(=O)NN. The summed E-state index contributed by atoms with van der Waals surface area (Å²) in [7, 11) is 1.86. The van der Waals surface area contributed by atoms with Gasteiger partial charge in [0.05, 0.1) is 6.54 Å². The van der Waals surface area contributed by atoms with Gasteiger partial charge in [0.1, 0.15) is 0 Å². The fourth-order valence-electron chi connectivity index (χ4n) is 2.21. The number of rotatable bonds is 7. The van der Waals surface area contributed by atoms with Gasteiger partial charge in [-0.3, -0.25) is 19.9 Å². The topological polar surface area (TPSA) is 78.7 Å². The van der Waals surface area contributed by atoms with E-state index < -0.39 is 0 Å². The summed E-state index contributed by atoms with van der Waals surface area (Å²) in [6, 6.07) is 7.23. The fraction of sp³-hybridized carbons (Fsp3) is 0.467. The average Bonchev–Trinajstić information content (AvgIpc) is 2.48. The second kappa shape index (κ2) is 8.39. The molecule has 0 aliphatic carbocycles. The van der Waals surface area contributed by atoms with E-state index in [-0.39, 0.29) is 11.8 Å². The van der Waals surface area contributed by atoms with Gasteiger partial charge in [-0.1, -0.05) is 18.2 Å². The zero-order valence-electron chi connectivity index (χ0n) is 12.9. The smallest absolute Gasteiger partial charge is 0.265 e. The molecule has 1 aromatic carbocycles. The lowest BCUT2D eigenvalue weighted by molar-refractivity contribution is -0.131. The lowest BCUT2D eigenvalue weighted by atomic mass is 10.1. The number of nitrogens with two attached hydrogens (primary N) is 1. The van der Waals surface area contributed by atoms with E-state index in [0.717, 1.165) is 5.56 Å². The number of hydrazine groups is 1. The third kappa shape index (κ3) is 4.84. The Bertz CT molecular complexity index is 486. The summed E-state index contributed by atoms with van der Waals surface area (Å²) in [5.74, 6) is 4.95. The van der Waals surface area contributed by atoms with Crippen molar-refractivity contribution < 1.29 is 9.59 Å². The van der Waals surface area contributed by atoms with Crippen molar-refractivity contribution >= 4 is 11.8 Å². The quantitative estimate of drug-likeness (QED) is 0.438. The number of nitrogens with zero attached hydrogens (tertiary/aromatic N) is 2. The van der Waals surface area contributed by atoms with Crippen LogP contribution in [0, 0.1) is 0 Å². The number of carbonyl (C=O) groups excluding carboxylic acids is 2. The molecule has 21 heavy (non-hydrogen) atoms. The molecule has 0 fully saturated rings. The van der Waals surface area contributed by atoms with Crippen LogP contribution in [0.1, 0.15) is 29.8 Å². The van der Waals surface area contributed by atoms with Crippen LogP contribution in [0.25, 0.3) is 0 Å². The molecule has 0 unspecified atom stereocenters. The van der Waals surface area contributed by atoms with E-state index in [1.807, 2.05) is 37.9 Å². The third-order valence-corrected chi connectivity index (χ3v) is 3.35. The Morgan fingerprint density at radius 2 is 1.81 bits per heavy atom. The van der Waals surface area contributed by atoms with Crippen LogP contribution in [0.2, 0.25) is 0 Å². The fourth-order valence-corrected chi connectivity index (χ4v) is 2.21. The zero-order valence-corrected chi connectivity index (χ0v) is 12.9. The molecule has 116 valence electrons. The first kappa shape index (κ1) is 17.1. The molecule has 0 aliphatic rings. The molecule has 2 amide bonds. The summed E-state index contributed by atoms with van der Waals surface area (Å²) in [6.07, 6.45) is 0. The molecule has 1 rings (SSSR count). The van der Waals surface area contributed by atoms with Crippen LogP contribution in [-0.4, -0.2) is 48.3 Å². The number of likely N-dealkylation sites (N-methyl/N-ethyl adjacent to an activating group) is 2. The molecule has 0 aromatic heterocycles. The van der Waals surface area contributed by atoms with Gasteiger partial charge in [0.2, 0.25) is 5.91 Å². The molecule has 0 aliphatic heterocycles. The highest BCUT2D eigenvalue weighted by Crippen LogP contribution is 2.11. The van der Waals surface area contributed by atoms with Crippen LogP contribution in [0.5, 0.6) is 0 Å². The average molecular weight is 292 g/mol. The molecule has 6 nitrogen and oxygen atoms in total. The summed E-state index contributed by atoms with van der Waals surface area (Å²) >= 11 is 0. The summed E-state index contributed by atoms with van der Waals surface area (Å²) in [6.45, 7) is 6.16. The summed E-state index contributed by atoms with van der Waals surface area (Å²) in [5.41, 5.74) is 3.51. The van der Waals surface area contributed by atoms with Crippen LogP contribution in [0.4, 0.5) is 0 Å². The van der Waals surface area contributed by atoms with Gasteiger partial charge < -0.3 is 4.90 Å². The number of hydrogen-bond acceptors (Lipinski definition) is 4. The second-order valence-corrected chi connectivity index (χ2v) is 4.87. The van der Waals surface area contributed by atoms with E-state index in [4.69, 9.17) is 5.84 Å². The first-order valence-corrected chi connectivity index (χ1v) is 7.08. The molecule has 0 heterocycles. The van der Waals surface area contributed by atoms with Gasteiger partial charge in [-0.05, 0) is 32.5 Å². The van der Waals surface area contributed by atoms with Crippen LogP contribution in [0.3, 0.4) is 0 Å². The highest BCUT2D eigenvalue weighted by molar-refractivity contribution is 5.95. The van der Waals surface area contributed by atoms with Crippen LogP contribution < -0.4 is 11.3 Å². The highest BCUT2D eigenvalue weighted by atomic mass is 16.2. The molecular formula is C15H24N4O2. The minimum absolute atomic E-state index is 0.0863. The number of nitrogen functional groups attached to an aromatic ring is 1. The van der Waals surface area contributed by atoms with Crippen molar-refractivity contribution in [2.75, 3.05) is 26.7 Å². The summed E-state index contributed by atoms with van der Waals surface area (Å²) in [5, 5.41) is 0. The molecule has 0 spiro atoms. The molecule has 3 N–H and O–H groups in total. The zero-order chi connectivity index (χ0) is 15.8. The molecule has 0 atom stereocenters. The Balaban J connectivity index is 2.73. The van der Waals surface area contributed by atoms with Crippen LogP contribution in [-0.2, 0) is 11.3 Å². The van der Waals surface area contributed by atoms with Gasteiger partial charge in [-0.25, -0.2) is 5.84 Å². The number of hydrogen-bond donors (Lipinski definition) is 2. The molecule has 0 saturated carbocycles. The van der Waals surface area contributed by atoms with Crippen molar-refractivity contribution in [3.63, 3.8) is 0 Å². The van der Waals surface area contributed by atoms with E-state index in [9.17, 15) is 9.59 Å². The van der Waals surface area contributed by atoms with E-state index in [1.54, 1.807) is 17.0 Å². The number of carbonyl (C=O) groups is 2. The first-order valence-electron chi connectivity index (χ1n) is 7.08. The van der Waals surface area contributed by atoms with E-state index in [0.29, 0.717) is 31.7 Å². The lowest BCUT2D eigenvalue weighted by Crippen LogP contribution is -2.39. The Morgan fingerprint density at radius 3 is 2.38 bits per heavy atom. The van der Waals surface area contributed by atoms with Gasteiger partial charge in [0.15, 0.2) is 0 Å². The molecule has 0 radical (unpaired) electrons. The van der Waals surface area contributed by atoms with Gasteiger partial charge in [0.25, 0.3) is 5.91 Å². The molecule has 0 saturated heterocycles. The second-order valence-electron chi connectivity index (χ2n) is 4.87. The molecule has 1 aromatic rings. The van der Waals surface area contributed by atoms with Crippen LogP contribution >= 0.6 is 0 Å². The minimum atomic E-state index is -0.325. The standard InChI is InChI=1S/C15H24N4O2/c1-4-19(5-2)14(20)11-18(3)10-12-8-6-7-9-13(12)15(21)17-16/h6-9H,4-5,10-11,16H2,1-3H3,(H,17,21). The Kier molecular flexibility index (Phi) is 6.84.